The summed E-state index contributed by atoms with van der Waals surface area (Å²) in [5.41, 5.74) is 0. The first-order valence-corrected chi connectivity index (χ1v) is 2.75. The first-order chi connectivity index (χ1) is 3.42. The molecule has 9 heteroatoms. The predicted molar refractivity (Wildman–Crippen MR) is 21.0 cm³/mol. The Balaban J connectivity index is 0. The van der Waals surface area contributed by atoms with Gasteiger partial charge in [0.25, 0.3) is 0 Å². The SMILES string of the molecule is O=S(=O)([O-])OB(O)O.[Na+]. The van der Waals surface area contributed by atoms with Crippen molar-refractivity contribution in [3.63, 3.8) is 0 Å². The van der Waals surface area contributed by atoms with Gasteiger partial charge in [-0.1, -0.05) is 0 Å². The van der Waals surface area contributed by atoms with Crippen LogP contribution in [0.4, 0.5) is 0 Å². The van der Waals surface area contributed by atoms with E-state index in [1.165, 1.54) is 0 Å². The van der Waals surface area contributed by atoms with E-state index < -0.39 is 17.7 Å². The summed E-state index contributed by atoms with van der Waals surface area (Å²) in [7, 11) is -7.53. The fourth-order valence-electron chi connectivity index (χ4n) is 0.105. The standard InChI is InChI=1S/BH3O6S.Na/c2-1(3)7-8(4,5)6;/h2-3H,(H,4,5,6);/q;+1/p-1. The van der Waals surface area contributed by atoms with Gasteiger partial charge in [-0.25, -0.2) is 8.42 Å². The minimum atomic E-state index is -4.97. The van der Waals surface area contributed by atoms with Crippen LogP contribution in [0.2, 0.25) is 0 Å². The third-order valence-electron chi connectivity index (χ3n) is 0.204. The fourth-order valence-corrected chi connectivity index (χ4v) is 0.316. The predicted octanol–water partition coefficient (Wildman–Crippen LogP) is -5.56. The van der Waals surface area contributed by atoms with Crippen LogP contribution in [0, 0.1) is 0 Å². The van der Waals surface area contributed by atoms with Crippen molar-refractivity contribution < 1.29 is 56.7 Å². The zero-order valence-corrected chi connectivity index (χ0v) is 7.33. The molecule has 0 heterocycles. The second-order valence-corrected chi connectivity index (χ2v) is 1.84. The van der Waals surface area contributed by atoms with Gasteiger partial charge in [-0.3, -0.25) is 4.10 Å². The summed E-state index contributed by atoms with van der Waals surface area (Å²) in [6, 6.07) is 0. The van der Waals surface area contributed by atoms with E-state index in [4.69, 9.17) is 10.0 Å². The summed E-state index contributed by atoms with van der Waals surface area (Å²) in [6.45, 7) is 0. The molecule has 0 saturated heterocycles. The average Bonchev–Trinajstić information content (AvgIpc) is 1.21. The van der Waals surface area contributed by atoms with Gasteiger partial charge in [-0.2, -0.15) is 0 Å². The van der Waals surface area contributed by atoms with Crippen LogP contribution < -0.4 is 29.6 Å². The molecule has 2 N–H and O–H groups in total. The molecular weight excluding hydrogens is 162 g/mol. The van der Waals surface area contributed by atoms with Gasteiger partial charge < -0.3 is 14.6 Å². The van der Waals surface area contributed by atoms with Crippen LogP contribution in [0.3, 0.4) is 0 Å². The molecule has 48 valence electrons. The van der Waals surface area contributed by atoms with Crippen LogP contribution in [0.25, 0.3) is 0 Å². The maximum Gasteiger partial charge on any atom is 1.00 e. The largest absolute Gasteiger partial charge is 1.00 e. The third kappa shape index (κ3) is 12.1. The molecule has 6 nitrogen and oxygen atoms in total. The molecule has 0 radical (unpaired) electrons. The Morgan fingerprint density at radius 1 is 1.44 bits per heavy atom. The quantitative estimate of drug-likeness (QED) is 0.239. The molecule has 0 amide bonds. The second-order valence-electron chi connectivity index (χ2n) is 0.831. The number of hydrogen-bond donors (Lipinski definition) is 2. The molecule has 0 aliphatic heterocycles. The first-order valence-electron chi connectivity index (χ1n) is 1.42. The number of hydrogen-bond acceptors (Lipinski definition) is 6. The molecule has 0 saturated carbocycles. The smallest absolute Gasteiger partial charge is 0.726 e. The molecule has 0 spiro atoms. The van der Waals surface area contributed by atoms with Crippen LogP contribution in [-0.2, 0) is 14.5 Å². The normalized spacial score (nSPS) is 10.1. The van der Waals surface area contributed by atoms with Crippen molar-refractivity contribution in [3.05, 3.63) is 0 Å². The van der Waals surface area contributed by atoms with E-state index in [-0.39, 0.29) is 29.6 Å². The summed E-state index contributed by atoms with van der Waals surface area (Å²) in [6.07, 6.45) is 0. The molecule has 0 unspecified atom stereocenters. The van der Waals surface area contributed by atoms with Gasteiger partial charge in [0.05, 0.1) is 0 Å². The van der Waals surface area contributed by atoms with Crippen molar-refractivity contribution in [2.24, 2.45) is 0 Å². The average molecular weight is 164 g/mol. The summed E-state index contributed by atoms with van der Waals surface area (Å²) >= 11 is 0. The van der Waals surface area contributed by atoms with E-state index in [2.05, 4.69) is 4.10 Å². The third-order valence-corrected chi connectivity index (χ3v) is 0.612. The molecule has 0 fully saturated rings. The van der Waals surface area contributed by atoms with Crippen molar-refractivity contribution in [3.8, 4) is 0 Å². The van der Waals surface area contributed by atoms with Gasteiger partial charge in [0.15, 0.2) is 0 Å². The van der Waals surface area contributed by atoms with Gasteiger partial charge in [-0.15, -0.1) is 0 Å². The monoisotopic (exact) mass is 164 g/mol. The minimum Gasteiger partial charge on any atom is -0.726 e. The van der Waals surface area contributed by atoms with E-state index in [0.717, 1.165) is 0 Å². The topological polar surface area (TPSA) is 107 Å². The van der Waals surface area contributed by atoms with Crippen LogP contribution in [0.15, 0.2) is 0 Å². The molecule has 0 aliphatic rings. The van der Waals surface area contributed by atoms with E-state index in [1.807, 2.05) is 0 Å². The zero-order chi connectivity index (χ0) is 6.78. The molecule has 9 heavy (non-hydrogen) atoms. The van der Waals surface area contributed by atoms with E-state index in [1.54, 1.807) is 0 Å². The Kier molecular flexibility index (Phi) is 6.45. The first kappa shape index (κ1) is 12.5. The molecule has 0 aromatic carbocycles. The number of rotatable bonds is 2. The zero-order valence-electron chi connectivity index (χ0n) is 4.51. The maximum absolute atomic E-state index is 9.34. The van der Waals surface area contributed by atoms with Gasteiger partial charge in [-0.05, 0) is 0 Å². The van der Waals surface area contributed by atoms with E-state index in [0.29, 0.717) is 0 Å². The van der Waals surface area contributed by atoms with Crippen molar-refractivity contribution in [1.29, 1.82) is 0 Å². The molecular formula is H2BNaO6S. The summed E-state index contributed by atoms with van der Waals surface area (Å²) in [5.74, 6) is 0. The Morgan fingerprint density at radius 3 is 1.78 bits per heavy atom. The Labute approximate surface area is 74.3 Å². The van der Waals surface area contributed by atoms with Crippen LogP contribution in [-0.4, -0.2) is 30.3 Å². The molecule has 0 aromatic heterocycles. The molecule has 0 atom stereocenters. The molecule has 0 aliphatic carbocycles. The van der Waals surface area contributed by atoms with Gasteiger partial charge in [0, 0.05) is 0 Å². The van der Waals surface area contributed by atoms with Gasteiger partial charge in [0.2, 0.25) is 10.4 Å². The summed E-state index contributed by atoms with van der Waals surface area (Å²) in [4.78, 5) is 0. The Bertz CT molecular complexity index is 146. The van der Waals surface area contributed by atoms with Crippen LogP contribution in [0.1, 0.15) is 0 Å². The van der Waals surface area contributed by atoms with Gasteiger partial charge >= 0.3 is 36.9 Å². The molecule has 0 aromatic rings. The maximum atomic E-state index is 9.34. The van der Waals surface area contributed by atoms with Crippen molar-refractivity contribution >= 4 is 17.7 Å². The summed E-state index contributed by atoms with van der Waals surface area (Å²) in [5, 5.41) is 15.3. The van der Waals surface area contributed by atoms with Crippen molar-refractivity contribution in [2.75, 3.05) is 0 Å². The minimum absolute atomic E-state index is 0. The Hall–Kier alpha value is 0.855. The van der Waals surface area contributed by atoms with Crippen LogP contribution in [0.5, 0.6) is 0 Å². The molecule has 0 bridgehead atoms. The second kappa shape index (κ2) is 4.64. The fraction of sp³-hybridized carbons (Fsp3) is 0. The van der Waals surface area contributed by atoms with Crippen molar-refractivity contribution in [2.45, 2.75) is 0 Å². The van der Waals surface area contributed by atoms with Gasteiger partial charge in [0.1, 0.15) is 0 Å². The molecule has 0 rings (SSSR count). The van der Waals surface area contributed by atoms with E-state index in [9.17, 15) is 13.0 Å². The van der Waals surface area contributed by atoms with Crippen molar-refractivity contribution in [1.82, 2.24) is 0 Å². The summed E-state index contributed by atoms with van der Waals surface area (Å²) < 4.78 is 31.0. The van der Waals surface area contributed by atoms with Crippen LogP contribution >= 0.6 is 0 Å². The van der Waals surface area contributed by atoms with E-state index >= 15 is 0 Å². The Morgan fingerprint density at radius 2 is 1.78 bits per heavy atom.